The van der Waals surface area contributed by atoms with Gasteiger partial charge < -0.3 is 4.42 Å². The monoisotopic (exact) mass is 415 g/mol. The highest BCUT2D eigenvalue weighted by molar-refractivity contribution is 7.89. The Hall–Kier alpha value is -2.93. The lowest BCUT2D eigenvalue weighted by Crippen LogP contribution is -2.24. The van der Waals surface area contributed by atoms with Gasteiger partial charge >= 0.3 is 0 Å². The summed E-state index contributed by atoms with van der Waals surface area (Å²) in [7, 11) is -3.78. The smallest absolute Gasteiger partial charge is 0.257 e. The van der Waals surface area contributed by atoms with E-state index >= 15 is 0 Å². The lowest BCUT2D eigenvalue weighted by molar-refractivity contribution is 0.102. The zero-order valence-corrected chi connectivity index (χ0v) is 16.8. The van der Waals surface area contributed by atoms with Gasteiger partial charge in [-0.1, -0.05) is 12.0 Å². The number of hydrogen-bond donors (Lipinski definition) is 2. The average molecular weight is 415 g/mol. The molecule has 2 heterocycles. The number of amides is 1. The summed E-state index contributed by atoms with van der Waals surface area (Å²) in [4.78, 5) is 16.9. The third-order valence-electron chi connectivity index (χ3n) is 3.81. The third kappa shape index (κ3) is 4.31. The van der Waals surface area contributed by atoms with Gasteiger partial charge in [-0.25, -0.2) is 13.4 Å². The Morgan fingerprint density at radius 1 is 1.32 bits per heavy atom. The number of aryl methyl sites for hydroxylation is 2. The maximum atomic E-state index is 12.5. The van der Waals surface area contributed by atoms with Crippen molar-refractivity contribution in [2.75, 3.05) is 11.9 Å². The standard InChI is InChI=1S/C19H17N3O4S2/c1-4-8-20-28(24,25)15-7-5-6-14(10-15)18(23)22-19-21-17(11-27-19)16-9-12(2)26-13(16)3/h1,5-7,9-11,20H,8H2,2-3H3,(H,21,22,23). The minimum Gasteiger partial charge on any atom is -0.466 e. The van der Waals surface area contributed by atoms with Gasteiger partial charge in [0.25, 0.3) is 5.91 Å². The van der Waals surface area contributed by atoms with Crippen molar-refractivity contribution in [3.63, 3.8) is 0 Å². The van der Waals surface area contributed by atoms with Crippen LogP contribution in [-0.4, -0.2) is 25.9 Å². The molecule has 0 aliphatic rings. The first-order valence-electron chi connectivity index (χ1n) is 8.17. The Labute approximate surface area is 166 Å². The van der Waals surface area contributed by atoms with Gasteiger partial charge in [0, 0.05) is 16.5 Å². The Balaban J connectivity index is 1.78. The van der Waals surface area contributed by atoms with Gasteiger partial charge in [-0.2, -0.15) is 4.72 Å². The highest BCUT2D eigenvalue weighted by Gasteiger charge is 2.17. The topological polar surface area (TPSA) is 101 Å². The Morgan fingerprint density at radius 3 is 2.79 bits per heavy atom. The van der Waals surface area contributed by atoms with Crippen molar-refractivity contribution in [2.24, 2.45) is 0 Å². The van der Waals surface area contributed by atoms with Crippen LogP contribution >= 0.6 is 11.3 Å². The third-order valence-corrected chi connectivity index (χ3v) is 5.97. The van der Waals surface area contributed by atoms with Gasteiger partial charge in [-0.15, -0.1) is 17.8 Å². The van der Waals surface area contributed by atoms with Gasteiger partial charge in [0.05, 0.1) is 17.1 Å². The molecule has 7 nitrogen and oxygen atoms in total. The SMILES string of the molecule is C#CCNS(=O)(=O)c1cccc(C(=O)Nc2nc(-c3cc(C)oc3C)cs2)c1. The Kier molecular flexibility index (Phi) is 5.65. The molecule has 3 rings (SSSR count). The van der Waals surface area contributed by atoms with E-state index in [1.165, 1.54) is 35.6 Å². The van der Waals surface area contributed by atoms with Crippen molar-refractivity contribution in [2.45, 2.75) is 18.7 Å². The number of rotatable bonds is 6. The number of furan rings is 1. The van der Waals surface area contributed by atoms with Crippen molar-refractivity contribution in [3.8, 4) is 23.6 Å². The van der Waals surface area contributed by atoms with Crippen LogP contribution in [0.15, 0.2) is 45.0 Å². The molecule has 0 unspecified atom stereocenters. The second kappa shape index (κ2) is 7.98. The van der Waals surface area contributed by atoms with Crippen molar-refractivity contribution >= 4 is 32.4 Å². The number of aromatic nitrogens is 1. The van der Waals surface area contributed by atoms with E-state index in [2.05, 4.69) is 20.9 Å². The van der Waals surface area contributed by atoms with Gasteiger partial charge in [0.1, 0.15) is 11.5 Å². The van der Waals surface area contributed by atoms with Crippen LogP contribution in [0.1, 0.15) is 21.9 Å². The fraction of sp³-hybridized carbons (Fsp3) is 0.158. The summed E-state index contributed by atoms with van der Waals surface area (Å²) in [5.41, 5.74) is 1.75. The fourth-order valence-electron chi connectivity index (χ4n) is 2.53. The number of nitrogens with zero attached hydrogens (tertiary/aromatic N) is 1. The molecule has 0 radical (unpaired) electrons. The van der Waals surface area contributed by atoms with Crippen LogP contribution in [0.3, 0.4) is 0 Å². The molecule has 0 aliphatic heterocycles. The van der Waals surface area contributed by atoms with Crippen LogP contribution in [-0.2, 0) is 10.0 Å². The number of nitrogens with one attached hydrogen (secondary N) is 2. The summed E-state index contributed by atoms with van der Waals surface area (Å²) >= 11 is 1.27. The van der Waals surface area contributed by atoms with Gasteiger partial charge in [-0.05, 0) is 38.1 Å². The number of benzene rings is 1. The van der Waals surface area contributed by atoms with Crippen LogP contribution in [0.25, 0.3) is 11.3 Å². The Bertz CT molecular complexity index is 1170. The molecule has 2 N–H and O–H groups in total. The predicted molar refractivity (Wildman–Crippen MR) is 108 cm³/mol. The molecule has 28 heavy (non-hydrogen) atoms. The minimum absolute atomic E-state index is 0.0419. The summed E-state index contributed by atoms with van der Waals surface area (Å²) < 4.78 is 32.1. The number of anilines is 1. The molecule has 0 aliphatic carbocycles. The lowest BCUT2D eigenvalue weighted by Gasteiger charge is -2.06. The normalized spacial score (nSPS) is 11.2. The first-order valence-corrected chi connectivity index (χ1v) is 10.5. The zero-order valence-electron chi connectivity index (χ0n) is 15.1. The van der Waals surface area contributed by atoms with E-state index in [-0.39, 0.29) is 17.0 Å². The number of carbonyl (C=O) groups excluding carboxylic acids is 1. The van der Waals surface area contributed by atoms with E-state index in [9.17, 15) is 13.2 Å². The molecule has 3 aromatic rings. The van der Waals surface area contributed by atoms with E-state index in [1.54, 1.807) is 0 Å². The molecular formula is C19H17N3O4S2. The Morgan fingerprint density at radius 2 is 2.11 bits per heavy atom. The molecule has 0 spiro atoms. The maximum Gasteiger partial charge on any atom is 0.257 e. The summed E-state index contributed by atoms with van der Waals surface area (Å²) in [6, 6.07) is 7.57. The summed E-state index contributed by atoms with van der Waals surface area (Å²) in [5.74, 6) is 3.27. The van der Waals surface area contributed by atoms with Crippen molar-refractivity contribution in [1.82, 2.24) is 9.71 Å². The van der Waals surface area contributed by atoms with Crippen molar-refractivity contribution in [3.05, 3.63) is 52.8 Å². The lowest BCUT2D eigenvalue weighted by atomic mass is 10.2. The summed E-state index contributed by atoms with van der Waals surface area (Å²) in [6.45, 7) is 3.57. The van der Waals surface area contributed by atoms with E-state index in [1.807, 2.05) is 25.3 Å². The minimum atomic E-state index is -3.78. The second-order valence-corrected chi connectivity index (χ2v) is 8.50. The molecule has 0 saturated carbocycles. The number of carbonyl (C=O) groups is 1. The highest BCUT2D eigenvalue weighted by Crippen LogP contribution is 2.29. The molecule has 0 saturated heterocycles. The quantitative estimate of drug-likeness (QED) is 0.602. The van der Waals surface area contributed by atoms with Gasteiger partial charge in [0.15, 0.2) is 5.13 Å². The molecule has 1 aromatic carbocycles. The fourth-order valence-corrected chi connectivity index (χ4v) is 4.22. The second-order valence-electron chi connectivity index (χ2n) is 5.88. The highest BCUT2D eigenvalue weighted by atomic mass is 32.2. The predicted octanol–water partition coefficient (Wildman–Crippen LogP) is 3.18. The van der Waals surface area contributed by atoms with Crippen molar-refractivity contribution < 1.29 is 17.6 Å². The van der Waals surface area contributed by atoms with Crippen molar-refractivity contribution in [1.29, 1.82) is 0 Å². The van der Waals surface area contributed by atoms with E-state index in [4.69, 9.17) is 10.8 Å². The van der Waals surface area contributed by atoms with Crippen LogP contribution in [0, 0.1) is 26.2 Å². The van der Waals surface area contributed by atoms with Crippen LogP contribution in [0.5, 0.6) is 0 Å². The molecular weight excluding hydrogens is 398 g/mol. The largest absolute Gasteiger partial charge is 0.466 e. The van der Waals surface area contributed by atoms with E-state index < -0.39 is 15.9 Å². The maximum absolute atomic E-state index is 12.5. The molecule has 1 amide bonds. The number of thiazole rings is 1. The molecule has 2 aromatic heterocycles. The number of sulfonamides is 1. The number of hydrogen-bond acceptors (Lipinski definition) is 6. The average Bonchev–Trinajstić information content (AvgIpc) is 3.25. The van der Waals surface area contributed by atoms with Gasteiger partial charge in [-0.3, -0.25) is 10.1 Å². The van der Waals surface area contributed by atoms with E-state index in [0.717, 1.165) is 17.1 Å². The molecule has 0 bridgehead atoms. The molecule has 0 fully saturated rings. The zero-order chi connectivity index (χ0) is 20.3. The van der Waals surface area contributed by atoms with Gasteiger partial charge in [0.2, 0.25) is 10.0 Å². The van der Waals surface area contributed by atoms with Crippen LogP contribution < -0.4 is 10.0 Å². The van der Waals surface area contributed by atoms with Crippen LogP contribution in [0.4, 0.5) is 5.13 Å². The molecule has 144 valence electrons. The van der Waals surface area contributed by atoms with Crippen LogP contribution in [0.2, 0.25) is 0 Å². The summed E-state index contributed by atoms with van der Waals surface area (Å²) in [5, 5.41) is 4.90. The number of terminal acetylenes is 1. The summed E-state index contributed by atoms with van der Waals surface area (Å²) in [6.07, 6.45) is 5.08. The molecule has 9 heteroatoms. The molecule has 0 atom stereocenters. The first-order chi connectivity index (χ1) is 13.3. The first kappa shape index (κ1) is 19.8. The van der Waals surface area contributed by atoms with E-state index in [0.29, 0.717) is 10.8 Å².